The van der Waals surface area contributed by atoms with Crippen molar-refractivity contribution >= 4 is 78.3 Å². The normalized spacial score (nSPS) is 19.6. The van der Waals surface area contributed by atoms with E-state index in [0.29, 0.717) is 50.9 Å². The Bertz CT molecular complexity index is 2720. The summed E-state index contributed by atoms with van der Waals surface area (Å²) in [5.41, 5.74) is 2.58. The number of ether oxygens (including phenoxy) is 6. The Kier molecular flexibility index (Phi) is 25.9. The molecule has 2 amide bonds. The molecule has 0 aliphatic heterocycles. The van der Waals surface area contributed by atoms with E-state index in [0.717, 1.165) is 16.7 Å². The molecular formula is C51H68Cl4N6O14S2. The molecule has 20 nitrogen and oxygen atoms in total. The number of aliphatic hydroxyl groups excluding tert-OH is 2. The van der Waals surface area contributed by atoms with Crippen molar-refractivity contribution in [1.82, 2.24) is 29.9 Å². The molecule has 0 heterocycles. The van der Waals surface area contributed by atoms with Crippen molar-refractivity contribution in [3.05, 3.63) is 116 Å². The van der Waals surface area contributed by atoms with Crippen molar-refractivity contribution in [2.75, 3.05) is 107 Å². The predicted octanol–water partition coefficient (Wildman–Crippen LogP) is 4.15. The van der Waals surface area contributed by atoms with Crippen molar-refractivity contribution < 1.29 is 65.1 Å². The minimum absolute atomic E-state index is 0.00621. The first kappa shape index (κ1) is 63.9. The number of carbonyl (C=O) groups is 2. The second-order valence-corrected chi connectivity index (χ2v) is 23.4. The number of aliphatic hydroxyl groups is 2. The Hall–Kier alpha value is -3.92. The van der Waals surface area contributed by atoms with Crippen LogP contribution in [0.4, 0.5) is 0 Å². The zero-order valence-corrected chi connectivity index (χ0v) is 47.9. The van der Waals surface area contributed by atoms with Crippen LogP contribution in [0.15, 0.2) is 105 Å². The van der Waals surface area contributed by atoms with Gasteiger partial charge in [0.1, 0.15) is 23.7 Å². The third kappa shape index (κ3) is 20.0. The molecule has 77 heavy (non-hydrogen) atoms. The molecule has 2 aliphatic carbocycles. The number of likely N-dealkylation sites (N-methyl/N-ethyl adjacent to an activating group) is 2. The number of rotatable bonds is 31. The van der Waals surface area contributed by atoms with E-state index in [1.807, 2.05) is 45.2 Å². The Morgan fingerprint density at radius 3 is 1.57 bits per heavy atom. The lowest BCUT2D eigenvalue weighted by atomic mass is 9.99. The lowest BCUT2D eigenvalue weighted by Gasteiger charge is -2.32. The number of allylic oxidation sites excluding steroid dienone is 3. The van der Waals surface area contributed by atoms with Gasteiger partial charge in [0, 0.05) is 58.3 Å². The zero-order valence-electron chi connectivity index (χ0n) is 43.2. The minimum atomic E-state index is -3.85. The summed E-state index contributed by atoms with van der Waals surface area (Å²) < 4.78 is 90.9. The molecule has 0 radical (unpaired) electrons. The van der Waals surface area contributed by atoms with Crippen LogP contribution in [0.1, 0.15) is 30.1 Å². The number of benzene rings is 3. The van der Waals surface area contributed by atoms with E-state index in [9.17, 15) is 36.6 Å². The van der Waals surface area contributed by atoms with Crippen molar-refractivity contribution in [3.8, 4) is 11.5 Å². The van der Waals surface area contributed by atoms with Gasteiger partial charge in [0.05, 0.1) is 74.7 Å². The second-order valence-electron chi connectivity index (χ2n) is 18.2. The highest BCUT2D eigenvalue weighted by molar-refractivity contribution is 7.89. The summed E-state index contributed by atoms with van der Waals surface area (Å²) >= 11 is 25.5. The maximum atomic E-state index is 12.9. The standard InChI is InChI=1S/C51H68Cl4N6O14S2/c1-33-28-44(60(2)3)46(15-6-34(52)30-42(33)54)74-36-7-11-38(12-8-36)76(66,67)58-18-22-72-26-24-70-20-16-56-50(64)47(62)48(63)51(65)57-17-21-71-25-27-73-23-19-59-77(68,69)39-13-9-37(10-14-39)75-49-41-29-35(53)31-43(55)40(41)32-45(49)61(4)5/h6-14,29-31,44-49,58-59,62-63H,1,15-28,32H2,2-5H3,(H,56,64)(H,57,65)/b34-6+,42-30?/t44-,45-,46-,47+,48+,49-/m0/s1. The molecule has 0 bridgehead atoms. The molecule has 0 saturated carbocycles. The van der Waals surface area contributed by atoms with E-state index >= 15 is 0 Å². The molecule has 2 aliphatic rings. The van der Waals surface area contributed by atoms with E-state index < -0.39 is 44.1 Å². The fourth-order valence-electron chi connectivity index (χ4n) is 8.01. The maximum absolute atomic E-state index is 12.9. The van der Waals surface area contributed by atoms with Gasteiger partial charge in [-0.1, -0.05) is 59.1 Å². The third-order valence-electron chi connectivity index (χ3n) is 12.2. The minimum Gasteiger partial charge on any atom is -0.488 e. The second kappa shape index (κ2) is 31.2. The largest absolute Gasteiger partial charge is 0.488 e. The number of hydrogen-bond donors (Lipinski definition) is 6. The highest BCUT2D eigenvalue weighted by atomic mass is 35.5. The van der Waals surface area contributed by atoms with Gasteiger partial charge in [-0.25, -0.2) is 26.3 Å². The number of nitrogens with one attached hydrogen (secondary N) is 4. The number of amides is 2. The lowest BCUT2D eigenvalue weighted by molar-refractivity contribution is -0.146. The molecule has 3 aromatic carbocycles. The topological polar surface area (TPSA) is 253 Å². The first-order valence-corrected chi connectivity index (χ1v) is 29.0. The van der Waals surface area contributed by atoms with Crippen LogP contribution in [-0.4, -0.2) is 186 Å². The molecule has 6 atom stereocenters. The van der Waals surface area contributed by atoms with E-state index in [-0.39, 0.29) is 113 Å². The van der Waals surface area contributed by atoms with Gasteiger partial charge in [0.25, 0.3) is 11.8 Å². The lowest BCUT2D eigenvalue weighted by Crippen LogP contribution is -2.50. The molecule has 0 spiro atoms. The average molecular weight is 1200 g/mol. The van der Waals surface area contributed by atoms with Crippen LogP contribution >= 0.6 is 46.4 Å². The van der Waals surface area contributed by atoms with E-state index in [1.54, 1.807) is 36.4 Å². The van der Waals surface area contributed by atoms with Gasteiger partial charge in [-0.3, -0.25) is 9.59 Å². The molecule has 6 N–H and O–H groups in total. The zero-order chi connectivity index (χ0) is 56.3. The molecule has 0 unspecified atom stereocenters. The molecule has 5 rings (SSSR count). The van der Waals surface area contributed by atoms with Crippen LogP contribution < -0.4 is 29.6 Å². The van der Waals surface area contributed by atoms with Gasteiger partial charge in [0.2, 0.25) is 20.0 Å². The van der Waals surface area contributed by atoms with Gasteiger partial charge < -0.3 is 59.1 Å². The maximum Gasteiger partial charge on any atom is 0.252 e. The average Bonchev–Trinajstić information content (AvgIpc) is 3.80. The summed E-state index contributed by atoms with van der Waals surface area (Å²) in [5.74, 6) is -1.03. The van der Waals surface area contributed by atoms with Crippen LogP contribution in [-0.2, 0) is 55.0 Å². The summed E-state index contributed by atoms with van der Waals surface area (Å²) in [6.07, 6.45) is 0.380. The summed E-state index contributed by atoms with van der Waals surface area (Å²) in [7, 11) is 0.0699. The van der Waals surface area contributed by atoms with Gasteiger partial charge in [-0.2, -0.15) is 0 Å². The van der Waals surface area contributed by atoms with Crippen LogP contribution in [0.25, 0.3) is 0 Å². The van der Waals surface area contributed by atoms with Gasteiger partial charge in [-0.05, 0) is 119 Å². The van der Waals surface area contributed by atoms with E-state index in [1.165, 1.54) is 24.3 Å². The van der Waals surface area contributed by atoms with Crippen molar-refractivity contribution in [3.63, 3.8) is 0 Å². The SMILES string of the molecule is C=C1C[C@H](N(C)C)[C@@H](Oc2ccc(S(=O)(=O)NCCOCCOCCNC(=O)[C@H](O)[C@@H](O)C(=O)NCCOCCOCCNS(=O)(=O)c3ccc(O[C@H]4c5cc(Cl)cc(Cl)c5C[C@@H]4N(C)C)cc3)cc2)C/C=C(/Cl)C=C1Cl. The number of hydrogen-bond acceptors (Lipinski definition) is 16. The summed E-state index contributed by atoms with van der Waals surface area (Å²) in [6.45, 7) is 4.57. The first-order chi connectivity index (χ1) is 36.6. The highest BCUT2D eigenvalue weighted by Crippen LogP contribution is 2.42. The van der Waals surface area contributed by atoms with Crippen molar-refractivity contribution in [2.24, 2.45) is 0 Å². The number of carbonyl (C=O) groups excluding carboxylic acids is 2. The van der Waals surface area contributed by atoms with Crippen LogP contribution in [0.5, 0.6) is 11.5 Å². The molecule has 426 valence electrons. The molecule has 0 fully saturated rings. The molecule has 0 aromatic heterocycles. The number of nitrogens with zero attached hydrogens (tertiary/aromatic N) is 2. The number of halogens is 4. The Morgan fingerprint density at radius 2 is 1.10 bits per heavy atom. The monoisotopic (exact) mass is 1190 g/mol. The predicted molar refractivity (Wildman–Crippen MR) is 294 cm³/mol. The fourth-order valence-corrected chi connectivity index (χ4v) is 11.1. The van der Waals surface area contributed by atoms with Gasteiger partial charge in [0.15, 0.2) is 12.2 Å². The Balaban J connectivity index is 0.856. The Morgan fingerprint density at radius 1 is 0.649 bits per heavy atom. The molecular weight excluding hydrogens is 1130 g/mol. The van der Waals surface area contributed by atoms with Crippen molar-refractivity contribution in [2.45, 2.75) is 65.6 Å². The fraction of sp³-hybridized carbons (Fsp3) is 0.490. The highest BCUT2D eigenvalue weighted by Gasteiger charge is 2.38. The van der Waals surface area contributed by atoms with E-state index in [4.69, 9.17) is 74.8 Å². The molecule has 3 aromatic rings. The van der Waals surface area contributed by atoms with Gasteiger partial charge >= 0.3 is 0 Å². The van der Waals surface area contributed by atoms with Crippen LogP contribution in [0.2, 0.25) is 10.0 Å². The molecule has 0 saturated heterocycles. The first-order valence-electron chi connectivity index (χ1n) is 24.5. The smallest absolute Gasteiger partial charge is 0.252 e. The van der Waals surface area contributed by atoms with E-state index in [2.05, 4.69) is 31.6 Å². The summed E-state index contributed by atoms with van der Waals surface area (Å²) in [4.78, 5) is 28.8. The van der Waals surface area contributed by atoms with Crippen molar-refractivity contribution in [1.29, 1.82) is 0 Å². The summed E-state index contributed by atoms with van der Waals surface area (Å²) in [6, 6.07) is 15.6. The quantitative estimate of drug-likeness (QED) is 0.0495. The molecule has 26 heteroatoms. The van der Waals surface area contributed by atoms with Gasteiger partial charge in [-0.15, -0.1) is 0 Å². The third-order valence-corrected chi connectivity index (χ3v) is 16.3. The summed E-state index contributed by atoms with van der Waals surface area (Å²) in [5, 5.41) is 27.1. The van der Waals surface area contributed by atoms with Crippen LogP contribution in [0.3, 0.4) is 0 Å². The number of fused-ring (bicyclic) bond motifs is 1. The van der Waals surface area contributed by atoms with Crippen LogP contribution in [0, 0.1) is 0 Å². The number of sulfonamides is 2. The Labute approximate surface area is 471 Å².